The van der Waals surface area contributed by atoms with Crippen molar-refractivity contribution in [2.24, 2.45) is 0 Å². The molecule has 4 aromatic carbocycles. The molecule has 8 rings (SSSR count). The second-order valence-electron chi connectivity index (χ2n) is 18.0. The topological polar surface area (TPSA) is 8.17 Å². The summed E-state index contributed by atoms with van der Waals surface area (Å²) in [6, 6.07) is 30.3. The summed E-state index contributed by atoms with van der Waals surface area (Å²) in [5.74, 6) is 0. The second kappa shape index (κ2) is 10.0. The van der Waals surface area contributed by atoms with E-state index in [1.807, 2.05) is 0 Å². The average molecular weight is 655 g/mol. The first-order valence-electron chi connectivity index (χ1n) is 18.0. The van der Waals surface area contributed by atoms with Crippen molar-refractivity contribution in [1.82, 2.24) is 4.57 Å². The molecule has 3 heteroatoms. The Morgan fingerprint density at radius 2 is 1.31 bits per heavy atom. The lowest BCUT2D eigenvalue weighted by Crippen LogP contribution is -2.54. The molecule has 1 saturated carbocycles. The Kier molecular flexibility index (Phi) is 6.64. The van der Waals surface area contributed by atoms with Gasteiger partial charge in [0.05, 0.1) is 16.7 Å². The standard InChI is InChI=1S/C45H51ClN2/c1-41(2,3)28-17-19-37-34(23-28)39-40(33-15-11-12-16-35(33)43(39,7)8)47(37)31-25-30(46)26-32(27-31)48-38-20-18-29(42(4,5)6)24-36(38)44(9)21-13-14-22-45(44,48)10/h11-12,15-20,23-27H,13-14,21-22H2,1-10H3. The van der Waals surface area contributed by atoms with Gasteiger partial charge in [-0.3, -0.25) is 0 Å². The van der Waals surface area contributed by atoms with E-state index in [9.17, 15) is 0 Å². The molecule has 3 aliphatic rings. The quantitative estimate of drug-likeness (QED) is 0.184. The van der Waals surface area contributed by atoms with Crippen LogP contribution in [0.25, 0.3) is 27.8 Å². The first-order valence-corrected chi connectivity index (χ1v) is 18.4. The zero-order valence-corrected chi connectivity index (χ0v) is 31.4. The Hall–Kier alpha value is -3.49. The lowest BCUT2D eigenvalue weighted by molar-refractivity contribution is 0.195. The van der Waals surface area contributed by atoms with Crippen molar-refractivity contribution in [2.75, 3.05) is 4.90 Å². The van der Waals surface area contributed by atoms with Gasteiger partial charge in [-0.25, -0.2) is 0 Å². The number of halogens is 1. The number of hydrogen-bond donors (Lipinski definition) is 0. The molecule has 1 aromatic heterocycles. The van der Waals surface area contributed by atoms with Crippen molar-refractivity contribution in [3.8, 4) is 16.9 Å². The Morgan fingerprint density at radius 3 is 2.04 bits per heavy atom. The number of anilines is 2. The van der Waals surface area contributed by atoms with Crippen molar-refractivity contribution in [1.29, 1.82) is 0 Å². The molecular weight excluding hydrogens is 604 g/mol. The maximum Gasteiger partial charge on any atom is 0.0585 e. The molecular formula is C45H51ClN2. The van der Waals surface area contributed by atoms with Gasteiger partial charge in [0.2, 0.25) is 0 Å². The summed E-state index contributed by atoms with van der Waals surface area (Å²) in [4.78, 5) is 2.67. The summed E-state index contributed by atoms with van der Waals surface area (Å²) >= 11 is 7.22. The molecule has 0 spiro atoms. The molecule has 0 N–H and O–H groups in total. The minimum Gasteiger partial charge on any atom is -0.334 e. The first kappa shape index (κ1) is 31.8. The highest BCUT2D eigenvalue weighted by atomic mass is 35.5. The SMILES string of the molecule is CC(C)(C)c1ccc2c(c1)C1(C)CCCCC1(C)N2c1cc(Cl)cc(-n2c3c(c4cc(C(C)(C)C)ccc42)C(C)(C)c2ccccc2-3)c1. The minimum atomic E-state index is -0.122. The average Bonchev–Trinajstić information content (AvgIpc) is 3.55. The van der Waals surface area contributed by atoms with Gasteiger partial charge in [-0.1, -0.05) is 129 Å². The van der Waals surface area contributed by atoms with Crippen LogP contribution in [0.15, 0.2) is 78.9 Å². The van der Waals surface area contributed by atoms with Crippen LogP contribution in [0.2, 0.25) is 5.02 Å². The van der Waals surface area contributed by atoms with Crippen LogP contribution in [-0.2, 0) is 21.7 Å². The van der Waals surface area contributed by atoms with Crippen LogP contribution >= 0.6 is 11.6 Å². The van der Waals surface area contributed by atoms with Crippen LogP contribution in [0.4, 0.5) is 11.4 Å². The van der Waals surface area contributed by atoms with Crippen molar-refractivity contribution in [2.45, 2.75) is 122 Å². The molecule has 0 bridgehead atoms. The number of nitrogens with zero attached hydrogens (tertiary/aromatic N) is 2. The Morgan fingerprint density at radius 1 is 0.667 bits per heavy atom. The molecule has 2 nitrogen and oxygen atoms in total. The Labute approximate surface area is 293 Å². The first-order chi connectivity index (χ1) is 22.5. The van der Waals surface area contributed by atoms with Gasteiger partial charge >= 0.3 is 0 Å². The summed E-state index contributed by atoms with van der Waals surface area (Å²) in [6.45, 7) is 23.8. The van der Waals surface area contributed by atoms with Crippen molar-refractivity contribution in [3.05, 3.63) is 112 Å². The molecule has 5 aromatic rings. The van der Waals surface area contributed by atoms with Gasteiger partial charge in [-0.05, 0) is 94.8 Å². The smallest absolute Gasteiger partial charge is 0.0585 e. The maximum atomic E-state index is 7.22. The van der Waals surface area contributed by atoms with Crippen molar-refractivity contribution >= 4 is 33.9 Å². The van der Waals surface area contributed by atoms with Crippen LogP contribution in [0.1, 0.15) is 123 Å². The van der Waals surface area contributed by atoms with E-state index in [1.165, 1.54) is 80.6 Å². The zero-order chi connectivity index (χ0) is 34.2. The van der Waals surface area contributed by atoms with Crippen LogP contribution in [0.5, 0.6) is 0 Å². The number of fused-ring (bicyclic) bond motifs is 8. The van der Waals surface area contributed by atoms with Crippen molar-refractivity contribution < 1.29 is 0 Å². The lowest BCUT2D eigenvalue weighted by Gasteiger charge is -2.50. The molecule has 2 aliphatic carbocycles. The molecule has 248 valence electrons. The van der Waals surface area contributed by atoms with Crippen LogP contribution in [0.3, 0.4) is 0 Å². The zero-order valence-electron chi connectivity index (χ0n) is 30.6. The molecule has 0 radical (unpaired) electrons. The van der Waals surface area contributed by atoms with Crippen LogP contribution < -0.4 is 4.90 Å². The number of rotatable bonds is 2. The van der Waals surface area contributed by atoms with E-state index < -0.39 is 0 Å². The van der Waals surface area contributed by atoms with Gasteiger partial charge in [0.1, 0.15) is 0 Å². The number of benzene rings is 4. The van der Waals surface area contributed by atoms with Crippen LogP contribution in [-0.4, -0.2) is 10.1 Å². The van der Waals surface area contributed by atoms with E-state index in [-0.39, 0.29) is 27.2 Å². The Balaban J connectivity index is 1.40. The molecule has 1 fully saturated rings. The third kappa shape index (κ3) is 4.24. The third-order valence-corrected chi connectivity index (χ3v) is 12.9. The van der Waals surface area contributed by atoms with Crippen LogP contribution in [0, 0.1) is 0 Å². The number of aromatic nitrogens is 1. The molecule has 0 amide bonds. The largest absolute Gasteiger partial charge is 0.334 e. The highest BCUT2D eigenvalue weighted by Gasteiger charge is 2.58. The summed E-state index contributed by atoms with van der Waals surface area (Å²) in [5.41, 5.74) is 14.6. The minimum absolute atomic E-state index is 0.0526. The Bertz CT molecular complexity index is 2130. The second-order valence-corrected chi connectivity index (χ2v) is 18.4. The van der Waals surface area contributed by atoms with Gasteiger partial charge in [0.25, 0.3) is 0 Å². The van der Waals surface area contributed by atoms with E-state index >= 15 is 0 Å². The normalized spacial score (nSPS) is 22.9. The summed E-state index contributed by atoms with van der Waals surface area (Å²) < 4.78 is 2.52. The molecule has 48 heavy (non-hydrogen) atoms. The highest BCUT2D eigenvalue weighted by Crippen LogP contribution is 2.62. The fourth-order valence-corrected chi connectivity index (χ4v) is 9.93. The van der Waals surface area contributed by atoms with E-state index in [0.29, 0.717) is 0 Å². The van der Waals surface area contributed by atoms with Gasteiger partial charge in [-0.2, -0.15) is 0 Å². The van der Waals surface area contributed by atoms with E-state index in [4.69, 9.17) is 11.6 Å². The summed E-state index contributed by atoms with van der Waals surface area (Å²) in [7, 11) is 0. The van der Waals surface area contributed by atoms with Gasteiger partial charge < -0.3 is 9.47 Å². The van der Waals surface area contributed by atoms with Gasteiger partial charge in [0, 0.05) is 43.9 Å². The third-order valence-electron chi connectivity index (χ3n) is 12.7. The monoisotopic (exact) mass is 654 g/mol. The molecule has 2 atom stereocenters. The fourth-order valence-electron chi connectivity index (χ4n) is 9.71. The predicted molar refractivity (Wildman–Crippen MR) is 206 cm³/mol. The van der Waals surface area contributed by atoms with E-state index in [1.54, 1.807) is 0 Å². The summed E-state index contributed by atoms with van der Waals surface area (Å²) in [5, 5.41) is 2.11. The van der Waals surface area contributed by atoms with Gasteiger partial charge in [-0.15, -0.1) is 0 Å². The number of hydrogen-bond acceptors (Lipinski definition) is 1. The fraction of sp³-hybridized carbons (Fsp3) is 0.422. The molecule has 0 saturated heterocycles. The molecule has 2 unspecified atom stereocenters. The maximum absolute atomic E-state index is 7.22. The molecule has 2 heterocycles. The molecule has 1 aliphatic heterocycles. The van der Waals surface area contributed by atoms with E-state index in [2.05, 4.69) is 158 Å². The van der Waals surface area contributed by atoms with E-state index in [0.717, 1.165) is 17.1 Å². The lowest BCUT2D eigenvalue weighted by atomic mass is 9.61. The highest BCUT2D eigenvalue weighted by molar-refractivity contribution is 6.31. The predicted octanol–water partition coefficient (Wildman–Crippen LogP) is 12.9. The summed E-state index contributed by atoms with van der Waals surface area (Å²) in [6.07, 6.45) is 4.87. The van der Waals surface area contributed by atoms with Gasteiger partial charge in [0.15, 0.2) is 0 Å². The van der Waals surface area contributed by atoms with Crippen molar-refractivity contribution in [3.63, 3.8) is 0 Å².